The van der Waals surface area contributed by atoms with Gasteiger partial charge in [-0.05, 0) is 20.5 Å². The smallest absolute Gasteiger partial charge is 0.285 e. The summed E-state index contributed by atoms with van der Waals surface area (Å²) in [7, 11) is 0. The van der Waals surface area contributed by atoms with Gasteiger partial charge >= 0.3 is 0 Å². The zero-order chi connectivity index (χ0) is 21.2. The molecule has 2 heterocycles. The van der Waals surface area contributed by atoms with E-state index in [1.54, 1.807) is 0 Å². The monoisotopic (exact) mass is 469 g/mol. The molecule has 0 spiro atoms. The van der Waals surface area contributed by atoms with E-state index < -0.39 is 60.5 Å². The molecule has 1 aromatic carbocycles. The molecular formula is C16H16IrN2O2-2. The van der Waals surface area contributed by atoms with Gasteiger partial charge in [0.2, 0.25) is 0 Å². The summed E-state index contributed by atoms with van der Waals surface area (Å²) in [5.74, 6) is -0.775. The quantitative estimate of drug-likeness (QED) is 0.689. The van der Waals surface area contributed by atoms with E-state index >= 15 is 0 Å². The number of carboxylic acid groups (broad SMARTS) is 1. The molecule has 4 nitrogen and oxygen atoms in total. The van der Waals surface area contributed by atoms with Crippen molar-refractivity contribution in [2.24, 2.45) is 0 Å². The first-order chi connectivity index (χ1) is 13.1. The van der Waals surface area contributed by atoms with Gasteiger partial charge in [-0.2, -0.15) is 0 Å². The fourth-order valence-electron chi connectivity index (χ4n) is 1.54. The Balaban J connectivity index is 0.000000394. The van der Waals surface area contributed by atoms with E-state index in [9.17, 15) is 4.79 Å². The number of rotatable bonds is 2. The van der Waals surface area contributed by atoms with Crippen molar-refractivity contribution in [2.45, 2.75) is 18.9 Å². The molecule has 1 radical (unpaired) electrons. The van der Waals surface area contributed by atoms with Gasteiger partial charge in [0.25, 0.3) is 5.97 Å². The normalized spacial score (nSPS) is 21.6. The minimum absolute atomic E-state index is 0. The van der Waals surface area contributed by atoms with Gasteiger partial charge in [-0.1, -0.05) is 24.9 Å². The molecule has 0 saturated carbocycles. The Morgan fingerprint density at radius 2 is 2.19 bits per heavy atom. The van der Waals surface area contributed by atoms with Crippen LogP contribution in [-0.2, 0) is 24.9 Å². The van der Waals surface area contributed by atoms with Crippen molar-refractivity contribution in [3.05, 3.63) is 59.9 Å². The Morgan fingerprint density at radius 1 is 1.38 bits per heavy atom. The number of carboxylic acids is 1. The first kappa shape index (κ1) is 8.79. The molecule has 5 heteroatoms. The summed E-state index contributed by atoms with van der Waals surface area (Å²) in [5, 5.41) is 12.2. The Bertz CT molecular complexity index is 861. The van der Waals surface area contributed by atoms with Crippen LogP contribution in [0.25, 0.3) is 16.6 Å². The average molecular weight is 469 g/mol. The molecule has 1 aliphatic heterocycles. The van der Waals surface area contributed by atoms with Crippen molar-refractivity contribution in [3.8, 4) is 11.3 Å². The van der Waals surface area contributed by atoms with E-state index in [1.165, 1.54) is 0 Å². The van der Waals surface area contributed by atoms with Crippen LogP contribution in [0, 0.1) is 6.07 Å². The first-order valence-corrected chi connectivity index (χ1v) is 5.90. The van der Waals surface area contributed by atoms with E-state index in [4.69, 9.17) is 16.1 Å². The second-order valence-corrected chi connectivity index (χ2v) is 3.85. The van der Waals surface area contributed by atoms with E-state index in [0.29, 0.717) is 0 Å². The molecule has 1 fully saturated rings. The molecule has 0 amide bonds. The van der Waals surface area contributed by atoms with Crippen LogP contribution in [0.2, 0.25) is 0 Å². The number of hydrogen-bond acceptors (Lipinski definition) is 2. The van der Waals surface area contributed by atoms with Crippen LogP contribution in [0.5, 0.6) is 0 Å². The zero-order valence-corrected chi connectivity index (χ0v) is 13.2. The van der Waals surface area contributed by atoms with Crippen LogP contribution in [0.15, 0.2) is 48.5 Å². The molecular weight excluding hydrogens is 444 g/mol. The average Bonchev–Trinajstić information content (AvgIpc) is 3.20. The minimum atomic E-state index is -0.775. The molecule has 3 rings (SSSR count). The third kappa shape index (κ3) is 5.76. The number of hydrogen-bond donors (Lipinski definition) is 1. The van der Waals surface area contributed by atoms with E-state index in [0.717, 1.165) is 19.4 Å². The maximum Gasteiger partial charge on any atom is 0.285 e. The molecule has 0 aliphatic carbocycles. The summed E-state index contributed by atoms with van der Waals surface area (Å²) in [6.45, 7) is 0.733. The topological polar surface area (TPSA) is 64.3 Å². The number of aromatic nitrogens is 1. The summed E-state index contributed by atoms with van der Waals surface area (Å²) < 4.78 is 60.4. The third-order valence-electron chi connectivity index (χ3n) is 2.47. The third-order valence-corrected chi connectivity index (χ3v) is 2.47. The van der Waals surface area contributed by atoms with Crippen molar-refractivity contribution >= 4 is 5.97 Å². The predicted molar refractivity (Wildman–Crippen MR) is 77.4 cm³/mol. The van der Waals surface area contributed by atoms with Crippen LogP contribution in [0.1, 0.15) is 23.8 Å². The Labute approximate surface area is 149 Å². The van der Waals surface area contributed by atoms with Crippen molar-refractivity contribution in [3.63, 3.8) is 0 Å². The van der Waals surface area contributed by atoms with Crippen LogP contribution in [0.4, 0.5) is 0 Å². The molecule has 1 aliphatic rings. The standard InChI is InChI=1S/C11H8N.C5H8NO2.Ir/c1-2-6-10(7-3-1)11-8-4-5-9-12-11;7-5(8)4-2-1-3-6-4;/h1-6,8-9H;4H,1-3H2,(H,7,8);/q2*-1;/i1D,2D,3D,4D,5D,6D,8D,9D;;. The summed E-state index contributed by atoms with van der Waals surface area (Å²) >= 11 is 0. The Morgan fingerprint density at radius 3 is 2.86 bits per heavy atom. The van der Waals surface area contributed by atoms with Crippen LogP contribution >= 0.6 is 0 Å². The first-order valence-electron chi connectivity index (χ1n) is 9.90. The van der Waals surface area contributed by atoms with Crippen molar-refractivity contribution in [2.75, 3.05) is 6.54 Å². The van der Waals surface area contributed by atoms with Gasteiger partial charge < -0.3 is 15.4 Å². The molecule has 1 saturated heterocycles. The second-order valence-electron chi connectivity index (χ2n) is 3.85. The van der Waals surface area contributed by atoms with Crippen LogP contribution in [-0.4, -0.2) is 28.6 Å². The molecule has 1 atom stereocenters. The van der Waals surface area contributed by atoms with Crippen LogP contribution in [0.3, 0.4) is 0 Å². The molecule has 21 heavy (non-hydrogen) atoms. The number of aliphatic carboxylic acids is 1. The molecule has 113 valence electrons. The van der Waals surface area contributed by atoms with Crippen molar-refractivity contribution < 1.29 is 41.0 Å². The Kier molecular flexibility index (Phi) is 3.93. The molecule has 2 aromatic rings. The van der Waals surface area contributed by atoms with Gasteiger partial charge in [-0.3, -0.25) is 4.79 Å². The predicted octanol–water partition coefficient (Wildman–Crippen LogP) is 3.15. The molecule has 1 N–H and O–H groups in total. The Hall–Kier alpha value is -1.55. The molecule has 1 unspecified atom stereocenters. The largest absolute Gasteiger partial charge is 0.650 e. The van der Waals surface area contributed by atoms with E-state index in [2.05, 4.69) is 16.4 Å². The minimum Gasteiger partial charge on any atom is -0.650 e. The maximum atomic E-state index is 10.1. The second kappa shape index (κ2) is 9.40. The zero-order valence-electron chi connectivity index (χ0n) is 18.8. The van der Waals surface area contributed by atoms with Crippen molar-refractivity contribution in [1.29, 1.82) is 0 Å². The fraction of sp³-hybridized carbons (Fsp3) is 0.250. The van der Waals surface area contributed by atoms with Gasteiger partial charge in [-0.25, -0.2) is 0 Å². The number of nitrogens with zero attached hydrogens (tertiary/aromatic N) is 2. The van der Waals surface area contributed by atoms with Crippen LogP contribution < -0.4 is 0 Å². The van der Waals surface area contributed by atoms with Gasteiger partial charge in [0, 0.05) is 29.0 Å². The molecule has 1 aromatic heterocycles. The fourth-order valence-corrected chi connectivity index (χ4v) is 1.54. The summed E-state index contributed by atoms with van der Waals surface area (Å²) in [6.07, 6.45) is 1.15. The van der Waals surface area contributed by atoms with Crippen molar-refractivity contribution in [1.82, 2.24) is 4.98 Å². The van der Waals surface area contributed by atoms with Gasteiger partial charge in [0.15, 0.2) is 0 Å². The van der Waals surface area contributed by atoms with E-state index in [-0.39, 0.29) is 31.4 Å². The number of pyridine rings is 1. The van der Waals surface area contributed by atoms with Gasteiger partial charge in [-0.15, -0.1) is 42.3 Å². The summed E-state index contributed by atoms with van der Waals surface area (Å²) in [5.41, 5.74) is -0.425. The SMILES string of the molecule is O=C(O)C1CCC[N-]1.[2H]c1[c-]c(-c2nc([2H])c([2H])c([2H])c2[2H])c([2H])c([2H])c1[2H].[Ir]. The maximum absolute atomic E-state index is 10.1. The number of carbonyl (C=O) groups is 1. The summed E-state index contributed by atoms with van der Waals surface area (Å²) in [6, 6.07) is -1.32. The number of benzene rings is 1. The molecule has 0 bridgehead atoms. The summed E-state index contributed by atoms with van der Waals surface area (Å²) in [4.78, 5) is 13.8. The van der Waals surface area contributed by atoms with E-state index in [1.807, 2.05) is 0 Å². The van der Waals surface area contributed by atoms with Gasteiger partial charge in [0.05, 0.1) is 5.48 Å². The van der Waals surface area contributed by atoms with Gasteiger partial charge in [0.1, 0.15) is 0 Å².